The topological polar surface area (TPSA) is 76.7 Å². The molecule has 0 fully saturated rings. The molecule has 2 N–H and O–H groups in total. The Balaban J connectivity index is 1.66. The molecule has 0 aliphatic carbocycles. The van der Waals surface area contributed by atoms with Gasteiger partial charge in [-0.25, -0.2) is 0 Å². The van der Waals surface area contributed by atoms with Crippen LogP contribution in [0.25, 0.3) is 0 Å². The van der Waals surface area contributed by atoms with Crippen molar-refractivity contribution in [2.45, 2.75) is 19.3 Å². The highest BCUT2D eigenvalue weighted by Crippen LogP contribution is 2.22. The Morgan fingerprint density at radius 1 is 1.00 bits per heavy atom. The minimum absolute atomic E-state index is 0.00207. The molecule has 0 unspecified atom stereocenters. The van der Waals surface area contributed by atoms with Crippen molar-refractivity contribution in [2.24, 2.45) is 0 Å². The summed E-state index contributed by atoms with van der Waals surface area (Å²) < 4.78 is 10.3. The number of ether oxygens (including phenoxy) is 2. The molecule has 2 aromatic rings. The third kappa shape index (κ3) is 7.45. The van der Waals surface area contributed by atoms with E-state index in [9.17, 15) is 9.59 Å². The third-order valence-electron chi connectivity index (χ3n) is 3.66. The molecule has 6 nitrogen and oxygen atoms in total. The Hall–Kier alpha value is -2.93. The quantitative estimate of drug-likeness (QED) is 0.536. The summed E-state index contributed by atoms with van der Waals surface area (Å²) in [4.78, 5) is 23.7. The van der Waals surface area contributed by atoms with Gasteiger partial charge in [-0.15, -0.1) is 0 Å². The second-order valence-corrected chi connectivity index (χ2v) is 6.07. The molecule has 0 atom stereocenters. The van der Waals surface area contributed by atoms with E-state index in [1.54, 1.807) is 19.2 Å². The van der Waals surface area contributed by atoms with Crippen LogP contribution in [0.15, 0.2) is 54.6 Å². The number of amides is 1. The van der Waals surface area contributed by atoms with Gasteiger partial charge in [0.25, 0.3) is 0 Å². The van der Waals surface area contributed by atoms with Gasteiger partial charge in [0.2, 0.25) is 5.91 Å². The van der Waals surface area contributed by atoms with Gasteiger partial charge in [-0.1, -0.05) is 42.5 Å². The van der Waals surface area contributed by atoms with Crippen LogP contribution in [0.5, 0.6) is 5.75 Å². The Morgan fingerprint density at radius 2 is 1.70 bits per heavy atom. The van der Waals surface area contributed by atoms with Crippen LogP contribution in [0.4, 0.5) is 5.69 Å². The maximum atomic E-state index is 11.9. The molecule has 0 saturated carbocycles. The highest BCUT2D eigenvalue weighted by atomic mass is 32.1. The van der Waals surface area contributed by atoms with Gasteiger partial charge in [-0.3, -0.25) is 9.59 Å². The summed E-state index contributed by atoms with van der Waals surface area (Å²) in [5.41, 5.74) is 1.74. The van der Waals surface area contributed by atoms with Crippen molar-refractivity contribution in [2.75, 3.05) is 19.0 Å². The molecule has 27 heavy (non-hydrogen) atoms. The fraction of sp³-hybridized carbons (Fsp3) is 0.250. The van der Waals surface area contributed by atoms with Crippen molar-refractivity contribution in [1.29, 1.82) is 0 Å². The van der Waals surface area contributed by atoms with Crippen molar-refractivity contribution < 1.29 is 19.1 Å². The number of para-hydroxylation sites is 2. The molecule has 1 amide bonds. The van der Waals surface area contributed by atoms with Gasteiger partial charge < -0.3 is 20.1 Å². The first kappa shape index (κ1) is 20.4. The zero-order valence-electron chi connectivity index (χ0n) is 15.1. The van der Waals surface area contributed by atoms with Gasteiger partial charge in [-0.2, -0.15) is 0 Å². The van der Waals surface area contributed by atoms with Crippen LogP contribution in [0.2, 0.25) is 0 Å². The molecule has 2 rings (SSSR count). The molecular weight excluding hydrogens is 364 g/mol. The van der Waals surface area contributed by atoms with Crippen LogP contribution >= 0.6 is 12.2 Å². The van der Waals surface area contributed by atoms with E-state index >= 15 is 0 Å². The predicted molar refractivity (Wildman–Crippen MR) is 108 cm³/mol. The smallest absolute Gasteiger partial charge is 0.306 e. The highest BCUT2D eigenvalue weighted by molar-refractivity contribution is 7.80. The number of benzene rings is 2. The van der Waals surface area contributed by atoms with Crippen LogP contribution in [-0.4, -0.2) is 30.7 Å². The monoisotopic (exact) mass is 386 g/mol. The van der Waals surface area contributed by atoms with E-state index in [0.29, 0.717) is 17.9 Å². The van der Waals surface area contributed by atoms with E-state index in [1.165, 1.54) is 0 Å². The molecule has 0 aliphatic rings. The SMILES string of the molecule is COc1ccccc1NC(=S)NC(=O)CCC(=O)OCCc1ccccc1. The Morgan fingerprint density at radius 3 is 2.44 bits per heavy atom. The summed E-state index contributed by atoms with van der Waals surface area (Å²) in [5, 5.41) is 5.57. The van der Waals surface area contributed by atoms with Crippen LogP contribution in [0.1, 0.15) is 18.4 Å². The van der Waals surface area contributed by atoms with Crippen molar-refractivity contribution in [3.05, 3.63) is 60.2 Å². The van der Waals surface area contributed by atoms with Gasteiger partial charge in [0.15, 0.2) is 5.11 Å². The first-order chi connectivity index (χ1) is 13.1. The number of nitrogens with one attached hydrogen (secondary N) is 2. The van der Waals surface area contributed by atoms with Gasteiger partial charge in [-0.05, 0) is 29.9 Å². The van der Waals surface area contributed by atoms with Gasteiger partial charge >= 0.3 is 5.97 Å². The molecule has 0 aromatic heterocycles. The fourth-order valence-electron chi connectivity index (χ4n) is 2.31. The van der Waals surface area contributed by atoms with E-state index in [4.69, 9.17) is 21.7 Å². The molecule has 142 valence electrons. The number of carbonyl (C=O) groups is 2. The standard InChI is InChI=1S/C20H22N2O4S/c1-25-17-10-6-5-9-16(17)21-20(27)22-18(23)11-12-19(24)26-14-13-15-7-3-2-4-8-15/h2-10H,11-14H2,1H3,(H2,21,22,23,27). The molecule has 0 saturated heterocycles. The summed E-state index contributed by atoms with van der Waals surface area (Å²) in [6.45, 7) is 0.290. The van der Waals surface area contributed by atoms with Crippen LogP contribution in [0, 0.1) is 0 Å². The number of thiocarbonyl (C=S) groups is 1. The minimum Gasteiger partial charge on any atom is -0.495 e. The second kappa shape index (κ2) is 10.9. The van der Waals surface area contributed by atoms with Crippen molar-refractivity contribution in [3.63, 3.8) is 0 Å². The van der Waals surface area contributed by atoms with E-state index in [1.807, 2.05) is 42.5 Å². The van der Waals surface area contributed by atoms with Crippen molar-refractivity contribution in [3.8, 4) is 5.75 Å². The molecule has 0 bridgehead atoms. The number of anilines is 1. The lowest BCUT2D eigenvalue weighted by molar-refractivity contribution is -0.144. The van der Waals surface area contributed by atoms with Gasteiger partial charge in [0, 0.05) is 12.8 Å². The maximum absolute atomic E-state index is 11.9. The molecule has 7 heteroatoms. The van der Waals surface area contributed by atoms with E-state index in [0.717, 1.165) is 5.56 Å². The molecular formula is C20H22N2O4S. The van der Waals surface area contributed by atoms with Crippen LogP contribution in [-0.2, 0) is 20.7 Å². The molecule has 0 aliphatic heterocycles. The van der Waals surface area contributed by atoms with Gasteiger partial charge in [0.05, 0.1) is 25.8 Å². The Bertz CT molecular complexity index is 781. The summed E-state index contributed by atoms with van der Waals surface area (Å²) >= 11 is 5.11. The maximum Gasteiger partial charge on any atom is 0.306 e. The number of hydrogen-bond acceptors (Lipinski definition) is 5. The summed E-state index contributed by atoms with van der Waals surface area (Å²) in [6.07, 6.45) is 0.640. The zero-order valence-corrected chi connectivity index (χ0v) is 15.9. The Kier molecular flexibility index (Phi) is 8.25. The molecule has 0 radical (unpaired) electrons. The molecule has 0 heterocycles. The van der Waals surface area contributed by atoms with Crippen molar-refractivity contribution >= 4 is 34.9 Å². The summed E-state index contributed by atoms with van der Waals surface area (Å²) in [7, 11) is 1.55. The average molecular weight is 386 g/mol. The first-order valence-electron chi connectivity index (χ1n) is 8.52. The fourth-order valence-corrected chi connectivity index (χ4v) is 2.53. The summed E-state index contributed by atoms with van der Waals surface area (Å²) in [6, 6.07) is 16.9. The third-order valence-corrected chi connectivity index (χ3v) is 3.87. The predicted octanol–water partition coefficient (Wildman–Crippen LogP) is 3.07. The van der Waals surface area contributed by atoms with E-state index in [-0.39, 0.29) is 30.5 Å². The number of carbonyl (C=O) groups excluding carboxylic acids is 2. The zero-order chi connectivity index (χ0) is 19.5. The lowest BCUT2D eigenvalue weighted by Gasteiger charge is -2.12. The first-order valence-corrected chi connectivity index (χ1v) is 8.92. The number of rotatable bonds is 8. The van der Waals surface area contributed by atoms with Crippen molar-refractivity contribution in [1.82, 2.24) is 5.32 Å². The highest BCUT2D eigenvalue weighted by Gasteiger charge is 2.11. The Labute approximate surface area is 163 Å². The minimum atomic E-state index is -0.412. The lowest BCUT2D eigenvalue weighted by Crippen LogP contribution is -2.34. The normalized spacial score (nSPS) is 9.96. The summed E-state index contributed by atoms with van der Waals surface area (Å²) in [5.74, 6) is -0.164. The lowest BCUT2D eigenvalue weighted by atomic mass is 10.2. The average Bonchev–Trinajstić information content (AvgIpc) is 2.67. The molecule has 0 spiro atoms. The second-order valence-electron chi connectivity index (χ2n) is 5.66. The van der Waals surface area contributed by atoms with E-state index in [2.05, 4.69) is 10.6 Å². The largest absolute Gasteiger partial charge is 0.495 e. The van der Waals surface area contributed by atoms with Gasteiger partial charge in [0.1, 0.15) is 5.75 Å². The number of esters is 1. The van der Waals surface area contributed by atoms with Crippen LogP contribution in [0.3, 0.4) is 0 Å². The van der Waals surface area contributed by atoms with E-state index < -0.39 is 5.97 Å². The van der Waals surface area contributed by atoms with Crippen LogP contribution < -0.4 is 15.4 Å². The number of methoxy groups -OCH3 is 1. The number of hydrogen-bond donors (Lipinski definition) is 2. The molecule has 2 aromatic carbocycles.